The number of nitrogens with two attached hydrogens (primary N) is 1. The molecule has 1 aromatic carbocycles. The fraction of sp³-hybridized carbons (Fsp3) is 0.350. The minimum atomic E-state index is -4.53. The number of halogens is 3. The predicted octanol–water partition coefficient (Wildman–Crippen LogP) is 4.59. The van der Waals surface area contributed by atoms with Crippen LogP contribution in [0.15, 0.2) is 30.6 Å². The topological polar surface area (TPSA) is 67.9 Å². The van der Waals surface area contributed by atoms with Gasteiger partial charge < -0.3 is 10.6 Å². The fourth-order valence-electron chi connectivity index (χ4n) is 3.72. The third-order valence-electron chi connectivity index (χ3n) is 5.09. The van der Waals surface area contributed by atoms with Gasteiger partial charge in [0.15, 0.2) is 0 Å². The first-order valence-corrected chi connectivity index (χ1v) is 9.19. The molecule has 0 aliphatic carbocycles. The summed E-state index contributed by atoms with van der Waals surface area (Å²) in [5.41, 5.74) is 6.33. The van der Waals surface area contributed by atoms with Gasteiger partial charge in [0.2, 0.25) is 0 Å². The van der Waals surface area contributed by atoms with Crippen LogP contribution in [0.3, 0.4) is 0 Å². The minimum absolute atomic E-state index is 0.0409. The first-order chi connectivity index (χ1) is 13.3. The molecule has 146 valence electrons. The highest BCUT2D eigenvalue weighted by molar-refractivity contribution is 5.93. The molecule has 0 unspecified atom stereocenters. The van der Waals surface area contributed by atoms with E-state index in [1.807, 2.05) is 6.07 Å². The largest absolute Gasteiger partial charge is 0.418 e. The molecule has 0 spiro atoms. The van der Waals surface area contributed by atoms with Crippen molar-refractivity contribution in [1.29, 1.82) is 0 Å². The van der Waals surface area contributed by atoms with Crippen molar-refractivity contribution in [1.82, 2.24) is 15.0 Å². The number of fused-ring (bicyclic) bond motifs is 1. The van der Waals surface area contributed by atoms with Crippen molar-refractivity contribution in [2.45, 2.75) is 32.4 Å². The number of anilines is 2. The summed E-state index contributed by atoms with van der Waals surface area (Å²) in [4.78, 5) is 15.0. The second kappa shape index (κ2) is 6.92. The number of hydrogen-bond donors (Lipinski definition) is 1. The molecule has 1 aliphatic rings. The van der Waals surface area contributed by atoms with Crippen LogP contribution in [0, 0.1) is 6.92 Å². The Balaban J connectivity index is 1.89. The number of piperidine rings is 1. The fourth-order valence-corrected chi connectivity index (χ4v) is 3.72. The van der Waals surface area contributed by atoms with Crippen molar-refractivity contribution < 1.29 is 13.2 Å². The number of pyridine rings is 1. The number of aryl methyl sites for hydroxylation is 1. The number of hydrogen-bond acceptors (Lipinski definition) is 5. The Morgan fingerprint density at radius 3 is 2.50 bits per heavy atom. The van der Waals surface area contributed by atoms with Gasteiger partial charge in [-0.15, -0.1) is 0 Å². The van der Waals surface area contributed by atoms with Crippen LogP contribution in [0.5, 0.6) is 0 Å². The molecule has 5 nitrogen and oxygen atoms in total. The van der Waals surface area contributed by atoms with Crippen molar-refractivity contribution in [2.75, 3.05) is 23.7 Å². The average molecular weight is 387 g/mol. The first-order valence-electron chi connectivity index (χ1n) is 9.19. The summed E-state index contributed by atoms with van der Waals surface area (Å²) in [5, 5.41) is 0.836. The molecule has 2 aromatic heterocycles. The first kappa shape index (κ1) is 18.5. The molecule has 0 atom stereocenters. The number of nitrogen functional groups attached to an aromatic ring is 1. The van der Waals surface area contributed by atoms with Gasteiger partial charge >= 0.3 is 6.18 Å². The third-order valence-corrected chi connectivity index (χ3v) is 5.09. The Labute approximate surface area is 160 Å². The molecule has 0 amide bonds. The van der Waals surface area contributed by atoms with Crippen LogP contribution in [0.1, 0.15) is 30.4 Å². The monoisotopic (exact) mass is 387 g/mol. The zero-order valence-electron chi connectivity index (χ0n) is 15.4. The highest BCUT2D eigenvalue weighted by Crippen LogP contribution is 2.39. The summed E-state index contributed by atoms with van der Waals surface area (Å²) in [6.45, 7) is 3.61. The molecule has 8 heteroatoms. The lowest BCUT2D eigenvalue weighted by molar-refractivity contribution is -0.137. The van der Waals surface area contributed by atoms with Crippen LogP contribution in [-0.4, -0.2) is 28.0 Å². The van der Waals surface area contributed by atoms with Gasteiger partial charge in [-0.2, -0.15) is 13.2 Å². The van der Waals surface area contributed by atoms with Crippen LogP contribution in [0.2, 0.25) is 0 Å². The Kier molecular flexibility index (Phi) is 4.56. The highest BCUT2D eigenvalue weighted by atomic mass is 19.4. The SMILES string of the molecule is Cc1cc2c(N3CCCCC3)ncnc2cc1-c1nc(N)ccc1C(F)(F)F. The third kappa shape index (κ3) is 3.34. The van der Waals surface area contributed by atoms with Crippen molar-refractivity contribution in [3.8, 4) is 11.3 Å². The van der Waals surface area contributed by atoms with Crippen LogP contribution in [0.4, 0.5) is 24.8 Å². The minimum Gasteiger partial charge on any atom is -0.384 e. The Bertz CT molecular complexity index is 1030. The van der Waals surface area contributed by atoms with E-state index in [2.05, 4.69) is 19.9 Å². The molecule has 0 bridgehead atoms. The maximum absolute atomic E-state index is 13.5. The molecule has 1 saturated heterocycles. The lowest BCUT2D eigenvalue weighted by Gasteiger charge is -2.28. The van der Waals surface area contributed by atoms with Gasteiger partial charge in [0.25, 0.3) is 0 Å². The van der Waals surface area contributed by atoms with Gasteiger partial charge in [0, 0.05) is 24.0 Å². The number of rotatable bonds is 2. The molecular formula is C20H20F3N5. The van der Waals surface area contributed by atoms with Crippen LogP contribution in [-0.2, 0) is 6.18 Å². The van der Waals surface area contributed by atoms with Crippen molar-refractivity contribution in [3.05, 3.63) is 41.7 Å². The number of nitrogens with zero attached hydrogens (tertiary/aromatic N) is 4. The summed E-state index contributed by atoms with van der Waals surface area (Å²) in [7, 11) is 0. The number of aromatic nitrogens is 3. The normalized spacial score (nSPS) is 15.2. The Morgan fingerprint density at radius 2 is 1.79 bits per heavy atom. The van der Waals surface area contributed by atoms with Crippen LogP contribution in [0.25, 0.3) is 22.2 Å². The number of alkyl halides is 3. The van der Waals surface area contributed by atoms with E-state index in [-0.39, 0.29) is 11.5 Å². The predicted molar refractivity (Wildman–Crippen MR) is 103 cm³/mol. The molecule has 0 saturated carbocycles. The summed E-state index contributed by atoms with van der Waals surface area (Å²) in [6.07, 6.45) is 0.338. The van der Waals surface area contributed by atoms with E-state index in [1.165, 1.54) is 18.8 Å². The zero-order chi connectivity index (χ0) is 19.9. The maximum atomic E-state index is 13.5. The molecule has 28 heavy (non-hydrogen) atoms. The molecule has 4 rings (SSSR count). The Morgan fingerprint density at radius 1 is 1.04 bits per heavy atom. The smallest absolute Gasteiger partial charge is 0.384 e. The van der Waals surface area contributed by atoms with E-state index in [4.69, 9.17) is 5.73 Å². The highest BCUT2D eigenvalue weighted by Gasteiger charge is 2.35. The van der Waals surface area contributed by atoms with E-state index in [0.717, 1.165) is 43.2 Å². The quantitative estimate of drug-likeness (QED) is 0.696. The van der Waals surface area contributed by atoms with Crippen LogP contribution >= 0.6 is 0 Å². The van der Waals surface area contributed by atoms with Gasteiger partial charge in [-0.25, -0.2) is 15.0 Å². The lowest BCUT2D eigenvalue weighted by atomic mass is 9.98. The van der Waals surface area contributed by atoms with E-state index in [9.17, 15) is 13.2 Å². The van der Waals surface area contributed by atoms with Crippen molar-refractivity contribution in [3.63, 3.8) is 0 Å². The van der Waals surface area contributed by atoms with Gasteiger partial charge in [0.05, 0.1) is 16.8 Å². The standard InChI is InChI=1S/C20H20F3N5/c1-12-9-14-16(25-11-26-19(14)28-7-3-2-4-8-28)10-13(12)18-15(20(21,22)23)5-6-17(24)27-18/h5-6,9-11H,2-4,7-8H2,1H3,(H2,24,27). The van der Waals surface area contributed by atoms with Gasteiger partial charge in [-0.05, 0) is 56.0 Å². The maximum Gasteiger partial charge on any atom is 0.418 e. The number of benzene rings is 1. The van der Waals surface area contributed by atoms with Crippen molar-refractivity contribution >= 4 is 22.5 Å². The Hall–Kier alpha value is -2.90. The molecule has 1 aliphatic heterocycles. The summed E-state index contributed by atoms with van der Waals surface area (Å²) >= 11 is 0. The van der Waals surface area contributed by atoms with Crippen LogP contribution < -0.4 is 10.6 Å². The molecule has 1 fully saturated rings. The summed E-state index contributed by atoms with van der Waals surface area (Å²) < 4.78 is 40.5. The van der Waals surface area contributed by atoms with E-state index >= 15 is 0 Å². The molecule has 3 aromatic rings. The average Bonchev–Trinajstić information content (AvgIpc) is 2.66. The van der Waals surface area contributed by atoms with Crippen molar-refractivity contribution in [2.24, 2.45) is 0 Å². The molecular weight excluding hydrogens is 367 g/mol. The lowest BCUT2D eigenvalue weighted by Crippen LogP contribution is -2.30. The van der Waals surface area contributed by atoms with E-state index < -0.39 is 11.7 Å². The summed E-state index contributed by atoms with van der Waals surface area (Å²) in [5.74, 6) is 0.870. The molecule has 3 heterocycles. The molecule has 0 radical (unpaired) electrons. The molecule has 2 N–H and O–H groups in total. The zero-order valence-corrected chi connectivity index (χ0v) is 15.4. The second-order valence-corrected chi connectivity index (χ2v) is 7.06. The summed E-state index contributed by atoms with van der Waals surface area (Å²) in [6, 6.07) is 5.64. The van der Waals surface area contributed by atoms with E-state index in [0.29, 0.717) is 16.6 Å². The van der Waals surface area contributed by atoms with E-state index in [1.54, 1.807) is 13.0 Å². The van der Waals surface area contributed by atoms with Gasteiger partial charge in [0.1, 0.15) is 18.0 Å². The van der Waals surface area contributed by atoms with Gasteiger partial charge in [-0.3, -0.25) is 0 Å². The second-order valence-electron chi connectivity index (χ2n) is 7.06. The van der Waals surface area contributed by atoms with Gasteiger partial charge in [-0.1, -0.05) is 0 Å².